The van der Waals surface area contributed by atoms with Crippen molar-refractivity contribution in [1.29, 1.82) is 0 Å². The summed E-state index contributed by atoms with van der Waals surface area (Å²) in [5.74, 6) is 0.958. The van der Waals surface area contributed by atoms with E-state index in [0.717, 1.165) is 12.3 Å². The van der Waals surface area contributed by atoms with Gasteiger partial charge in [0.05, 0.1) is 7.11 Å². The van der Waals surface area contributed by atoms with Crippen molar-refractivity contribution in [3.05, 3.63) is 29.3 Å². The summed E-state index contributed by atoms with van der Waals surface area (Å²) in [7, 11) is 6.15. The topological polar surface area (TPSA) is 41.7 Å². The predicted octanol–water partition coefficient (Wildman–Crippen LogP) is 2.24. The summed E-state index contributed by atoms with van der Waals surface area (Å²) in [6, 6.07) is 7.00. The molecule has 1 fully saturated rings. The minimum Gasteiger partial charge on any atom is -0.496 e. The van der Waals surface area contributed by atoms with Crippen LogP contribution < -0.4 is 10.5 Å². The molecule has 2 N–H and O–H groups in total. The lowest BCUT2D eigenvalue weighted by Crippen LogP contribution is -2.41. The first-order valence-electron chi connectivity index (χ1n) is 7.82. The van der Waals surface area contributed by atoms with E-state index in [0.29, 0.717) is 6.04 Å². The van der Waals surface area contributed by atoms with Gasteiger partial charge in [0, 0.05) is 24.2 Å². The maximum Gasteiger partial charge on any atom is 0.123 e. The van der Waals surface area contributed by atoms with Crippen LogP contribution in [0.1, 0.15) is 36.9 Å². The first-order valence-corrected chi connectivity index (χ1v) is 7.82. The molecule has 1 aromatic carbocycles. The monoisotopic (exact) mass is 291 g/mol. The Morgan fingerprint density at radius 2 is 2.05 bits per heavy atom. The lowest BCUT2D eigenvalue weighted by atomic mass is 10.0. The van der Waals surface area contributed by atoms with Gasteiger partial charge in [-0.3, -0.25) is 4.90 Å². The molecule has 1 aliphatic rings. The highest BCUT2D eigenvalue weighted by Gasteiger charge is 2.21. The normalized spacial score (nSPS) is 19.0. The van der Waals surface area contributed by atoms with Gasteiger partial charge in [-0.2, -0.15) is 0 Å². The van der Waals surface area contributed by atoms with Crippen LogP contribution in [-0.2, 0) is 6.54 Å². The summed E-state index contributed by atoms with van der Waals surface area (Å²) in [5.41, 5.74) is 8.40. The molecule has 4 heteroatoms. The van der Waals surface area contributed by atoms with E-state index < -0.39 is 0 Å². The first-order chi connectivity index (χ1) is 10.0. The molecule has 0 spiro atoms. The van der Waals surface area contributed by atoms with Crippen molar-refractivity contribution in [2.75, 3.05) is 34.3 Å². The third-order valence-electron chi connectivity index (χ3n) is 4.56. The molecule has 21 heavy (non-hydrogen) atoms. The fraction of sp³-hybridized carbons (Fsp3) is 0.647. The third kappa shape index (κ3) is 4.19. The summed E-state index contributed by atoms with van der Waals surface area (Å²) in [5, 5.41) is 0. The van der Waals surface area contributed by atoms with Gasteiger partial charge in [0.25, 0.3) is 0 Å². The van der Waals surface area contributed by atoms with E-state index in [9.17, 15) is 0 Å². The van der Waals surface area contributed by atoms with Crippen LogP contribution >= 0.6 is 0 Å². The van der Waals surface area contributed by atoms with E-state index in [2.05, 4.69) is 36.0 Å². The number of nitrogens with zero attached hydrogens (tertiary/aromatic N) is 2. The second kappa shape index (κ2) is 7.25. The fourth-order valence-electron chi connectivity index (χ4n) is 3.04. The smallest absolute Gasteiger partial charge is 0.123 e. The molecule has 0 amide bonds. The molecule has 0 aromatic heterocycles. The van der Waals surface area contributed by atoms with E-state index >= 15 is 0 Å². The number of nitrogens with two attached hydrogens (primary N) is 1. The molecule has 0 saturated carbocycles. The molecule has 2 rings (SSSR count). The van der Waals surface area contributed by atoms with Gasteiger partial charge < -0.3 is 15.4 Å². The number of piperidine rings is 1. The molecule has 0 radical (unpaired) electrons. The summed E-state index contributed by atoms with van der Waals surface area (Å²) in [6.07, 6.45) is 2.48. The van der Waals surface area contributed by atoms with Crippen LogP contribution in [0.2, 0.25) is 0 Å². The maximum absolute atomic E-state index is 6.00. The van der Waals surface area contributed by atoms with Gasteiger partial charge in [0.1, 0.15) is 5.75 Å². The first kappa shape index (κ1) is 16.3. The molecule has 1 aliphatic heterocycles. The van der Waals surface area contributed by atoms with Crippen LogP contribution in [0, 0.1) is 0 Å². The second-order valence-electron chi connectivity index (χ2n) is 6.31. The zero-order chi connectivity index (χ0) is 15.4. The van der Waals surface area contributed by atoms with Crippen LogP contribution in [-0.4, -0.2) is 50.1 Å². The number of benzene rings is 1. The van der Waals surface area contributed by atoms with Crippen molar-refractivity contribution in [2.45, 2.75) is 38.4 Å². The molecule has 1 heterocycles. The lowest BCUT2D eigenvalue weighted by molar-refractivity contribution is 0.138. The van der Waals surface area contributed by atoms with Crippen LogP contribution in [0.3, 0.4) is 0 Å². The Kier molecular flexibility index (Phi) is 5.62. The van der Waals surface area contributed by atoms with Crippen molar-refractivity contribution in [3.8, 4) is 5.75 Å². The Balaban J connectivity index is 2.08. The van der Waals surface area contributed by atoms with E-state index in [1.807, 2.05) is 13.0 Å². The minimum absolute atomic E-state index is 0.0586. The average Bonchev–Trinajstić information content (AvgIpc) is 2.47. The number of ether oxygens (including phenoxy) is 1. The molecule has 1 aromatic rings. The third-order valence-corrected chi connectivity index (χ3v) is 4.56. The number of rotatable bonds is 5. The van der Waals surface area contributed by atoms with E-state index in [1.165, 1.54) is 37.1 Å². The van der Waals surface area contributed by atoms with Gasteiger partial charge in [-0.05, 0) is 64.6 Å². The van der Waals surface area contributed by atoms with E-state index in [-0.39, 0.29) is 6.04 Å². The van der Waals surface area contributed by atoms with Crippen molar-refractivity contribution in [2.24, 2.45) is 5.73 Å². The van der Waals surface area contributed by atoms with Crippen molar-refractivity contribution < 1.29 is 4.74 Å². The van der Waals surface area contributed by atoms with Crippen LogP contribution in [0.25, 0.3) is 0 Å². The summed E-state index contributed by atoms with van der Waals surface area (Å²) >= 11 is 0. The highest BCUT2D eigenvalue weighted by molar-refractivity contribution is 5.38. The number of hydrogen-bond donors (Lipinski definition) is 1. The Labute approximate surface area is 128 Å². The van der Waals surface area contributed by atoms with Gasteiger partial charge >= 0.3 is 0 Å². The zero-order valence-corrected chi connectivity index (χ0v) is 13.8. The molecule has 1 saturated heterocycles. The van der Waals surface area contributed by atoms with Gasteiger partial charge in [0.2, 0.25) is 0 Å². The van der Waals surface area contributed by atoms with E-state index in [4.69, 9.17) is 10.5 Å². The number of likely N-dealkylation sites (tertiary alicyclic amines) is 1. The highest BCUT2D eigenvalue weighted by atomic mass is 16.5. The summed E-state index contributed by atoms with van der Waals surface area (Å²) in [4.78, 5) is 4.86. The van der Waals surface area contributed by atoms with Crippen LogP contribution in [0.15, 0.2) is 18.2 Å². The van der Waals surface area contributed by atoms with E-state index in [1.54, 1.807) is 7.11 Å². The van der Waals surface area contributed by atoms with Crippen molar-refractivity contribution in [3.63, 3.8) is 0 Å². The SMILES string of the molecule is COc1ccc(C(C)N)cc1CN(C)C1CCN(C)CC1. The Bertz CT molecular complexity index is 453. The van der Waals surface area contributed by atoms with Crippen molar-refractivity contribution in [1.82, 2.24) is 9.80 Å². The lowest BCUT2D eigenvalue weighted by Gasteiger charge is -2.35. The molecule has 1 atom stereocenters. The quantitative estimate of drug-likeness (QED) is 0.903. The highest BCUT2D eigenvalue weighted by Crippen LogP contribution is 2.25. The molecule has 1 unspecified atom stereocenters. The molecular weight excluding hydrogens is 262 g/mol. The molecule has 0 aliphatic carbocycles. The number of methoxy groups -OCH3 is 1. The largest absolute Gasteiger partial charge is 0.496 e. The zero-order valence-electron chi connectivity index (χ0n) is 13.8. The maximum atomic E-state index is 6.00. The van der Waals surface area contributed by atoms with Crippen LogP contribution in [0.4, 0.5) is 0 Å². The number of hydrogen-bond acceptors (Lipinski definition) is 4. The van der Waals surface area contributed by atoms with Crippen molar-refractivity contribution >= 4 is 0 Å². The molecular formula is C17H29N3O. The Morgan fingerprint density at radius 3 is 2.62 bits per heavy atom. The predicted molar refractivity (Wildman–Crippen MR) is 87.6 cm³/mol. The summed E-state index contributed by atoms with van der Waals surface area (Å²) in [6.45, 7) is 5.31. The minimum atomic E-state index is 0.0586. The Morgan fingerprint density at radius 1 is 1.38 bits per heavy atom. The molecule has 118 valence electrons. The van der Waals surface area contributed by atoms with Gasteiger partial charge in [0.15, 0.2) is 0 Å². The standard InChI is InChI=1S/C17H29N3O/c1-13(18)14-5-6-17(21-4)15(11-14)12-20(3)16-7-9-19(2)10-8-16/h5-6,11,13,16H,7-10,12,18H2,1-4H3. The molecule has 0 bridgehead atoms. The average molecular weight is 291 g/mol. The van der Waals surface area contributed by atoms with Gasteiger partial charge in [-0.25, -0.2) is 0 Å². The molecule has 4 nitrogen and oxygen atoms in total. The summed E-state index contributed by atoms with van der Waals surface area (Å²) < 4.78 is 5.51. The van der Waals surface area contributed by atoms with Gasteiger partial charge in [-0.15, -0.1) is 0 Å². The Hall–Kier alpha value is -1.10. The van der Waals surface area contributed by atoms with Crippen LogP contribution in [0.5, 0.6) is 5.75 Å². The fourth-order valence-corrected chi connectivity index (χ4v) is 3.04. The second-order valence-corrected chi connectivity index (χ2v) is 6.31. The van der Waals surface area contributed by atoms with Gasteiger partial charge in [-0.1, -0.05) is 6.07 Å².